The van der Waals surface area contributed by atoms with E-state index in [1.165, 1.54) is 12.8 Å². The highest BCUT2D eigenvalue weighted by atomic mass is 15.1. The Morgan fingerprint density at radius 1 is 1.38 bits per heavy atom. The molecular weight excluding hydrogens is 262 g/mol. The summed E-state index contributed by atoms with van der Waals surface area (Å²) >= 11 is 0. The first-order valence-corrected chi connectivity index (χ1v) is 7.60. The van der Waals surface area contributed by atoms with E-state index in [2.05, 4.69) is 34.9 Å². The van der Waals surface area contributed by atoms with Gasteiger partial charge in [0.15, 0.2) is 0 Å². The molecule has 0 atom stereocenters. The summed E-state index contributed by atoms with van der Waals surface area (Å²) in [5.41, 5.74) is 9.50. The molecule has 0 bridgehead atoms. The van der Waals surface area contributed by atoms with Crippen molar-refractivity contribution >= 4 is 11.5 Å². The lowest BCUT2D eigenvalue weighted by Gasteiger charge is -2.36. The van der Waals surface area contributed by atoms with E-state index < -0.39 is 0 Å². The molecule has 0 unspecified atom stereocenters. The first kappa shape index (κ1) is 15.8. The summed E-state index contributed by atoms with van der Waals surface area (Å²) in [6.07, 6.45) is 2.38. The van der Waals surface area contributed by atoms with Crippen LogP contribution in [-0.2, 0) is 0 Å². The highest BCUT2D eigenvalue weighted by Crippen LogP contribution is 2.28. The molecule has 0 radical (unpaired) electrons. The monoisotopic (exact) mass is 289 g/mol. The third-order valence-electron chi connectivity index (χ3n) is 4.16. The third kappa shape index (κ3) is 3.73. The number of nitrogens with one attached hydrogen (secondary N) is 1. The zero-order valence-electron chi connectivity index (χ0n) is 13.6. The molecule has 0 aromatic carbocycles. The highest BCUT2D eigenvalue weighted by molar-refractivity contribution is 6.01. The standard InChI is InChI=1S/C16H27N5/c1-11-9-14(15(16(17)18)12(2)19-11)21-7-5-13(6-8-21)10-20(3)4/h9,13H,5-8,10H2,1-4H3,(H3,17,18). The number of aromatic nitrogens is 1. The van der Waals surface area contributed by atoms with Crippen molar-refractivity contribution in [1.82, 2.24) is 9.88 Å². The number of piperidine rings is 1. The average Bonchev–Trinajstić information content (AvgIpc) is 2.37. The minimum Gasteiger partial charge on any atom is -0.384 e. The maximum atomic E-state index is 7.84. The van der Waals surface area contributed by atoms with E-state index >= 15 is 0 Å². The Morgan fingerprint density at radius 3 is 2.52 bits per heavy atom. The van der Waals surface area contributed by atoms with Crippen LogP contribution in [0.15, 0.2) is 6.07 Å². The van der Waals surface area contributed by atoms with Crippen LogP contribution >= 0.6 is 0 Å². The molecule has 0 amide bonds. The lowest BCUT2D eigenvalue weighted by molar-refractivity contribution is 0.285. The van der Waals surface area contributed by atoms with E-state index in [9.17, 15) is 0 Å². The molecule has 5 heteroatoms. The van der Waals surface area contributed by atoms with Crippen molar-refractivity contribution in [1.29, 1.82) is 5.41 Å². The van der Waals surface area contributed by atoms with Crippen molar-refractivity contribution in [3.8, 4) is 0 Å². The van der Waals surface area contributed by atoms with E-state index in [0.29, 0.717) is 0 Å². The number of nitrogens with two attached hydrogens (primary N) is 1. The molecular formula is C16H27N5. The molecule has 0 saturated carbocycles. The molecule has 1 aromatic heterocycles. The summed E-state index contributed by atoms with van der Waals surface area (Å²) in [5.74, 6) is 0.881. The Morgan fingerprint density at radius 2 is 2.00 bits per heavy atom. The van der Waals surface area contributed by atoms with Crippen LogP contribution in [0.25, 0.3) is 0 Å². The van der Waals surface area contributed by atoms with Gasteiger partial charge >= 0.3 is 0 Å². The molecule has 0 spiro atoms. The van der Waals surface area contributed by atoms with Gasteiger partial charge in [-0.2, -0.15) is 0 Å². The third-order valence-corrected chi connectivity index (χ3v) is 4.16. The van der Waals surface area contributed by atoms with Gasteiger partial charge in [0.05, 0.1) is 16.9 Å². The lowest BCUT2D eigenvalue weighted by atomic mass is 9.95. The summed E-state index contributed by atoms with van der Waals surface area (Å²) in [6.45, 7) is 7.15. The number of hydrogen-bond donors (Lipinski definition) is 2. The Balaban J connectivity index is 2.18. The van der Waals surface area contributed by atoms with Crippen LogP contribution in [0.3, 0.4) is 0 Å². The first-order valence-electron chi connectivity index (χ1n) is 7.60. The summed E-state index contributed by atoms with van der Waals surface area (Å²) in [4.78, 5) is 9.08. The topological polar surface area (TPSA) is 69.2 Å². The van der Waals surface area contributed by atoms with Crippen LogP contribution in [0.4, 0.5) is 5.69 Å². The zero-order valence-corrected chi connectivity index (χ0v) is 13.6. The fraction of sp³-hybridized carbons (Fsp3) is 0.625. The van der Waals surface area contributed by atoms with Crippen LogP contribution in [0.2, 0.25) is 0 Å². The Labute approximate surface area is 127 Å². The summed E-state index contributed by atoms with van der Waals surface area (Å²) in [7, 11) is 4.27. The Hall–Kier alpha value is -1.62. The van der Waals surface area contributed by atoms with Gasteiger partial charge in [0.25, 0.3) is 0 Å². The molecule has 0 aliphatic carbocycles. The largest absolute Gasteiger partial charge is 0.384 e. The fourth-order valence-electron chi connectivity index (χ4n) is 3.26. The smallest absolute Gasteiger partial charge is 0.126 e. The highest BCUT2D eigenvalue weighted by Gasteiger charge is 2.23. The molecule has 5 nitrogen and oxygen atoms in total. The van der Waals surface area contributed by atoms with Crippen LogP contribution in [-0.4, -0.2) is 49.4 Å². The molecule has 2 heterocycles. The van der Waals surface area contributed by atoms with Gasteiger partial charge in [-0.15, -0.1) is 0 Å². The van der Waals surface area contributed by atoms with E-state index in [-0.39, 0.29) is 5.84 Å². The summed E-state index contributed by atoms with van der Waals surface area (Å²) in [5, 5.41) is 7.84. The van der Waals surface area contributed by atoms with Gasteiger partial charge < -0.3 is 15.5 Å². The lowest BCUT2D eigenvalue weighted by Crippen LogP contribution is -2.38. The molecule has 3 N–H and O–H groups in total. The minimum atomic E-state index is 0.116. The second-order valence-corrected chi connectivity index (χ2v) is 6.35. The number of hydrogen-bond acceptors (Lipinski definition) is 4. The molecule has 1 aliphatic rings. The normalized spacial score (nSPS) is 16.5. The van der Waals surface area contributed by atoms with Gasteiger partial charge in [-0.1, -0.05) is 0 Å². The number of aryl methyl sites for hydroxylation is 2. The van der Waals surface area contributed by atoms with Gasteiger partial charge in [-0.05, 0) is 52.8 Å². The SMILES string of the molecule is Cc1cc(N2CCC(CN(C)C)CC2)c(C(=N)N)c(C)n1. The van der Waals surface area contributed by atoms with Gasteiger partial charge in [-0.3, -0.25) is 10.4 Å². The number of nitrogens with zero attached hydrogens (tertiary/aromatic N) is 3. The van der Waals surface area contributed by atoms with Crippen LogP contribution in [0.5, 0.6) is 0 Å². The van der Waals surface area contributed by atoms with Crippen LogP contribution in [0.1, 0.15) is 29.8 Å². The van der Waals surface area contributed by atoms with Gasteiger partial charge in [0.2, 0.25) is 0 Å². The maximum Gasteiger partial charge on any atom is 0.126 e. The molecule has 21 heavy (non-hydrogen) atoms. The quantitative estimate of drug-likeness (QED) is 0.654. The van der Waals surface area contributed by atoms with Crippen molar-refractivity contribution in [3.05, 3.63) is 23.0 Å². The predicted octanol–water partition coefficient (Wildman–Crippen LogP) is 1.76. The first-order chi connectivity index (χ1) is 9.88. The van der Waals surface area contributed by atoms with Crippen molar-refractivity contribution < 1.29 is 0 Å². The average molecular weight is 289 g/mol. The fourth-order valence-corrected chi connectivity index (χ4v) is 3.26. The maximum absolute atomic E-state index is 7.84. The van der Waals surface area contributed by atoms with Crippen LogP contribution < -0.4 is 10.6 Å². The second kappa shape index (κ2) is 6.43. The molecule has 1 aliphatic heterocycles. The zero-order chi connectivity index (χ0) is 15.6. The molecule has 1 fully saturated rings. The predicted molar refractivity (Wildman–Crippen MR) is 88.2 cm³/mol. The molecule has 1 aromatic rings. The van der Waals surface area contributed by atoms with E-state index in [1.807, 2.05) is 13.8 Å². The number of nitrogen functional groups attached to an aromatic ring is 1. The second-order valence-electron chi connectivity index (χ2n) is 6.35. The van der Waals surface area contributed by atoms with Crippen LogP contribution in [0, 0.1) is 25.2 Å². The molecule has 2 rings (SSSR count). The van der Waals surface area contributed by atoms with E-state index in [4.69, 9.17) is 11.1 Å². The van der Waals surface area contributed by atoms with Gasteiger partial charge in [0.1, 0.15) is 5.84 Å². The van der Waals surface area contributed by atoms with E-state index in [1.54, 1.807) is 0 Å². The van der Waals surface area contributed by atoms with Crippen molar-refractivity contribution in [3.63, 3.8) is 0 Å². The van der Waals surface area contributed by atoms with Crippen molar-refractivity contribution in [2.45, 2.75) is 26.7 Å². The summed E-state index contributed by atoms with van der Waals surface area (Å²) < 4.78 is 0. The van der Waals surface area contributed by atoms with Crippen molar-refractivity contribution in [2.24, 2.45) is 11.7 Å². The minimum absolute atomic E-state index is 0.116. The number of amidine groups is 1. The van der Waals surface area contributed by atoms with Crippen molar-refractivity contribution in [2.75, 3.05) is 38.6 Å². The van der Waals surface area contributed by atoms with Gasteiger partial charge in [0, 0.05) is 25.3 Å². The Bertz CT molecular complexity index is 516. The van der Waals surface area contributed by atoms with E-state index in [0.717, 1.165) is 48.2 Å². The number of pyridine rings is 1. The molecule has 116 valence electrons. The number of rotatable bonds is 4. The number of anilines is 1. The summed E-state index contributed by atoms with van der Waals surface area (Å²) in [6, 6.07) is 2.07. The van der Waals surface area contributed by atoms with Gasteiger partial charge in [-0.25, -0.2) is 0 Å². The Kier molecular flexibility index (Phi) is 4.83. The molecule has 1 saturated heterocycles.